The van der Waals surface area contributed by atoms with Crippen molar-refractivity contribution in [1.29, 1.82) is 0 Å². The molecule has 11 heteroatoms. The molecule has 0 radical (unpaired) electrons. The number of aromatic hydroxyl groups is 1. The zero-order valence-electron chi connectivity index (χ0n) is 22.6. The summed E-state index contributed by atoms with van der Waals surface area (Å²) >= 11 is 2.30. The fourth-order valence-electron chi connectivity index (χ4n) is 3.81. The molecule has 0 aliphatic heterocycles. The average Bonchev–Trinajstić information content (AvgIpc) is 3.70. The first-order chi connectivity index (χ1) is 18.0. The van der Waals surface area contributed by atoms with Crippen molar-refractivity contribution >= 4 is 52.0 Å². The maximum absolute atomic E-state index is 13.5. The van der Waals surface area contributed by atoms with Crippen LogP contribution in [-0.4, -0.2) is 50.8 Å². The molecule has 1 aromatic heterocycles. The van der Waals surface area contributed by atoms with Crippen molar-refractivity contribution in [3.05, 3.63) is 29.0 Å². The molecule has 1 fully saturated rings. The summed E-state index contributed by atoms with van der Waals surface area (Å²) in [6, 6.07) is 1.65. The van der Waals surface area contributed by atoms with Crippen molar-refractivity contribution in [3.63, 3.8) is 0 Å². The van der Waals surface area contributed by atoms with Crippen molar-refractivity contribution < 1.29 is 29.0 Å². The van der Waals surface area contributed by atoms with E-state index in [2.05, 4.69) is 43.2 Å². The molecule has 1 aliphatic rings. The molecular weight excluding hydrogens is 603 g/mol. The summed E-state index contributed by atoms with van der Waals surface area (Å²) in [6.45, 7) is 7.00. The Morgan fingerprint density at radius 2 is 1.68 bits per heavy atom. The van der Waals surface area contributed by atoms with Gasteiger partial charge in [0.05, 0.1) is 19.8 Å². The van der Waals surface area contributed by atoms with Gasteiger partial charge in [-0.25, -0.2) is 4.98 Å². The molecular formula is C27H35IN4O6. The molecule has 2 aromatic rings. The quantitative estimate of drug-likeness (QED) is 0.172. The lowest BCUT2D eigenvalue weighted by Gasteiger charge is -2.19. The number of nitrogens with one attached hydrogen (secondary N) is 2. The summed E-state index contributed by atoms with van der Waals surface area (Å²) in [4.78, 5) is 46.9. The van der Waals surface area contributed by atoms with Gasteiger partial charge in [0.2, 0.25) is 23.5 Å². The van der Waals surface area contributed by atoms with E-state index in [0.29, 0.717) is 17.0 Å². The minimum atomic E-state index is -0.322. The Kier molecular flexibility index (Phi) is 9.91. The van der Waals surface area contributed by atoms with Crippen LogP contribution in [0.2, 0.25) is 0 Å². The van der Waals surface area contributed by atoms with Crippen LogP contribution < -0.4 is 20.1 Å². The number of halogens is 1. The van der Waals surface area contributed by atoms with E-state index < -0.39 is 0 Å². The number of amides is 2. The Balaban J connectivity index is 2.07. The predicted molar refractivity (Wildman–Crippen MR) is 152 cm³/mol. The minimum absolute atomic E-state index is 0.0511. The van der Waals surface area contributed by atoms with Gasteiger partial charge in [0.25, 0.3) is 0 Å². The van der Waals surface area contributed by atoms with Crippen molar-refractivity contribution in [2.75, 3.05) is 24.9 Å². The maximum atomic E-state index is 13.5. The molecule has 2 amide bonds. The van der Waals surface area contributed by atoms with Crippen LogP contribution in [0.4, 0.5) is 11.8 Å². The highest BCUT2D eigenvalue weighted by Crippen LogP contribution is 2.44. The van der Waals surface area contributed by atoms with Gasteiger partial charge in [-0.2, -0.15) is 4.98 Å². The van der Waals surface area contributed by atoms with Crippen molar-refractivity contribution in [3.8, 4) is 17.2 Å². The number of nitrogens with zero attached hydrogens (tertiary/aromatic N) is 2. The number of benzene rings is 1. The number of rotatable bonds is 12. The first-order valence-corrected chi connectivity index (χ1v) is 13.8. The maximum Gasteiger partial charge on any atom is 0.231 e. The van der Waals surface area contributed by atoms with E-state index in [9.17, 15) is 19.5 Å². The summed E-state index contributed by atoms with van der Waals surface area (Å²) in [5.74, 6) is -0.540. The number of methoxy groups -OCH3 is 2. The third-order valence-corrected chi connectivity index (χ3v) is 7.75. The molecule has 1 aromatic carbocycles. The normalized spacial score (nSPS) is 13.8. The monoisotopic (exact) mass is 638 g/mol. The van der Waals surface area contributed by atoms with Gasteiger partial charge in [-0.3, -0.25) is 19.7 Å². The lowest BCUT2D eigenvalue weighted by atomic mass is 9.93. The third kappa shape index (κ3) is 7.12. The summed E-state index contributed by atoms with van der Waals surface area (Å²) in [7, 11) is 2.84. The highest BCUT2D eigenvalue weighted by molar-refractivity contribution is 14.1. The van der Waals surface area contributed by atoms with Gasteiger partial charge in [-0.1, -0.05) is 50.3 Å². The summed E-state index contributed by atoms with van der Waals surface area (Å²) < 4.78 is 10.9. The van der Waals surface area contributed by atoms with Crippen LogP contribution in [0.15, 0.2) is 12.3 Å². The van der Waals surface area contributed by atoms with E-state index >= 15 is 0 Å². The van der Waals surface area contributed by atoms with Gasteiger partial charge in [0, 0.05) is 40.4 Å². The molecule has 0 saturated heterocycles. The Labute approximate surface area is 236 Å². The number of phenolic OH excluding ortho intramolecular Hbond substituents is 1. The number of phenols is 1. The van der Waals surface area contributed by atoms with E-state index in [4.69, 9.17) is 9.47 Å². The molecule has 10 nitrogen and oxygen atoms in total. The second-order valence-electron chi connectivity index (χ2n) is 10.0. The lowest BCUT2D eigenvalue weighted by Crippen LogP contribution is -2.23. The predicted octanol–water partition coefficient (Wildman–Crippen LogP) is 4.77. The molecule has 1 heterocycles. The van der Waals surface area contributed by atoms with Gasteiger partial charge < -0.3 is 19.9 Å². The number of hydrogen-bond donors (Lipinski definition) is 3. The van der Waals surface area contributed by atoms with E-state index in [1.165, 1.54) is 20.4 Å². The van der Waals surface area contributed by atoms with Crippen LogP contribution in [-0.2, 0) is 16.0 Å². The molecule has 1 atom stereocenters. The molecule has 0 spiro atoms. The Bertz CT molecular complexity index is 1210. The first kappa shape index (κ1) is 29.6. The molecule has 1 aliphatic carbocycles. The number of ether oxygens (including phenoxy) is 2. The smallest absolute Gasteiger partial charge is 0.231 e. The van der Waals surface area contributed by atoms with Crippen LogP contribution in [0.3, 0.4) is 0 Å². The number of ketones is 1. The van der Waals surface area contributed by atoms with Crippen LogP contribution in [0.5, 0.6) is 17.2 Å². The summed E-state index contributed by atoms with van der Waals surface area (Å²) in [5, 5.41) is 16.5. The largest absolute Gasteiger partial charge is 0.504 e. The number of anilines is 2. The van der Waals surface area contributed by atoms with E-state index in [1.807, 2.05) is 0 Å². The molecule has 1 unspecified atom stereocenters. The van der Waals surface area contributed by atoms with E-state index in [1.54, 1.807) is 33.8 Å². The second-order valence-corrected chi connectivity index (χ2v) is 11.6. The summed E-state index contributed by atoms with van der Waals surface area (Å²) in [5.41, 5.74) is 1.12. The van der Waals surface area contributed by atoms with E-state index in [-0.39, 0.29) is 80.8 Å². The van der Waals surface area contributed by atoms with Gasteiger partial charge in [0.1, 0.15) is 5.82 Å². The highest BCUT2D eigenvalue weighted by Gasteiger charge is 2.33. The van der Waals surface area contributed by atoms with Gasteiger partial charge in [-0.05, 0) is 30.4 Å². The molecule has 38 heavy (non-hydrogen) atoms. The SMILES string of the molecule is COc1cc(Cc2cnc(NC(=O)C(C)C)nc2NC(=O)C(C)C)c(C(=O)CC(I)C2CC2)c(O)c1OC. The number of alkyl halides is 1. The fourth-order valence-corrected chi connectivity index (χ4v) is 4.93. The fraction of sp³-hybridized carbons (Fsp3) is 0.519. The van der Waals surface area contributed by atoms with Crippen LogP contribution >= 0.6 is 22.6 Å². The number of aromatic nitrogens is 2. The third-order valence-electron chi connectivity index (χ3n) is 6.29. The Hall–Kier alpha value is -2.96. The molecule has 3 N–H and O–H groups in total. The number of carbonyl (C=O) groups excluding carboxylic acids is 3. The van der Waals surface area contributed by atoms with E-state index in [0.717, 1.165) is 12.8 Å². The second kappa shape index (κ2) is 12.7. The van der Waals surface area contributed by atoms with Gasteiger partial charge in [0.15, 0.2) is 17.3 Å². The number of carbonyl (C=O) groups is 3. The zero-order valence-corrected chi connectivity index (χ0v) is 24.7. The first-order valence-electron chi connectivity index (χ1n) is 12.6. The van der Waals surface area contributed by atoms with Crippen molar-refractivity contribution in [2.24, 2.45) is 17.8 Å². The Morgan fingerprint density at radius 1 is 1.05 bits per heavy atom. The van der Waals surface area contributed by atoms with Crippen molar-refractivity contribution in [2.45, 2.75) is 57.3 Å². The van der Waals surface area contributed by atoms with Gasteiger partial charge in [-0.15, -0.1) is 0 Å². The topological polar surface area (TPSA) is 140 Å². The standard InChI is InChI=1S/C27H35IN4O6/c1-13(2)25(35)30-24-17(12-29-27(31-24)32-26(36)14(3)4)9-16-10-20(37-5)23(38-6)22(34)21(16)19(33)11-18(28)15-7-8-15/h10,12-15,18,34H,7-9,11H2,1-6H3,(H2,29,30,31,32,35,36). The highest BCUT2D eigenvalue weighted by atomic mass is 127. The lowest BCUT2D eigenvalue weighted by molar-refractivity contribution is -0.119. The zero-order chi connectivity index (χ0) is 28.1. The summed E-state index contributed by atoms with van der Waals surface area (Å²) in [6.07, 6.45) is 4.07. The number of hydrogen-bond acceptors (Lipinski definition) is 8. The Morgan fingerprint density at radius 3 is 2.24 bits per heavy atom. The molecule has 3 rings (SSSR count). The molecule has 1 saturated carbocycles. The van der Waals surface area contributed by atoms with Crippen LogP contribution in [0.1, 0.15) is 68.4 Å². The van der Waals surface area contributed by atoms with Crippen molar-refractivity contribution in [1.82, 2.24) is 9.97 Å². The van der Waals surface area contributed by atoms with Crippen LogP contribution in [0, 0.1) is 17.8 Å². The van der Waals surface area contributed by atoms with Crippen LogP contribution in [0.25, 0.3) is 0 Å². The number of Topliss-reactive ketones (excluding diaryl/α,β-unsaturated/α-hetero) is 1. The minimum Gasteiger partial charge on any atom is -0.504 e. The molecule has 0 bridgehead atoms. The average molecular weight is 639 g/mol. The van der Waals surface area contributed by atoms with Gasteiger partial charge >= 0.3 is 0 Å². The molecule has 206 valence electrons.